The lowest BCUT2D eigenvalue weighted by molar-refractivity contribution is -0.123. The van der Waals surface area contributed by atoms with Crippen LogP contribution in [0.5, 0.6) is 5.75 Å². The number of hydrogen-bond acceptors (Lipinski definition) is 4. The Kier molecular flexibility index (Phi) is 7.17. The second-order valence-electron chi connectivity index (χ2n) is 8.59. The second-order valence-corrected chi connectivity index (χ2v) is 9.43. The van der Waals surface area contributed by atoms with Gasteiger partial charge in [0.05, 0.1) is 11.2 Å². The fraction of sp³-hybridized carbons (Fsp3) is 0.417. The van der Waals surface area contributed by atoms with Crippen molar-refractivity contribution in [3.8, 4) is 5.75 Å². The van der Waals surface area contributed by atoms with E-state index in [1.807, 2.05) is 0 Å². The van der Waals surface area contributed by atoms with Crippen LogP contribution in [0.1, 0.15) is 56.7 Å². The van der Waals surface area contributed by atoms with E-state index < -0.39 is 0 Å². The van der Waals surface area contributed by atoms with Gasteiger partial charge in [0.2, 0.25) is 0 Å². The Bertz CT molecular complexity index is 1000. The van der Waals surface area contributed by atoms with Crippen molar-refractivity contribution in [3.63, 3.8) is 0 Å². The highest BCUT2D eigenvalue weighted by molar-refractivity contribution is 6.35. The summed E-state index contributed by atoms with van der Waals surface area (Å²) in [4.78, 5) is 14.6. The number of fused-ring (bicyclic) bond motifs is 1. The van der Waals surface area contributed by atoms with Crippen molar-refractivity contribution in [1.29, 1.82) is 0 Å². The molecule has 2 aromatic rings. The Morgan fingerprint density at radius 3 is 2.74 bits per heavy atom. The van der Waals surface area contributed by atoms with Crippen molar-refractivity contribution in [2.45, 2.75) is 52.5 Å². The molecule has 5 nitrogen and oxygen atoms in total. The Balaban J connectivity index is 1.67. The molecule has 1 atom stereocenters. The minimum Gasteiger partial charge on any atom is -0.482 e. The molecule has 0 aromatic heterocycles. The number of carbonyl (C=O) groups is 1. The van der Waals surface area contributed by atoms with E-state index in [-0.39, 0.29) is 18.1 Å². The molecule has 1 aliphatic rings. The van der Waals surface area contributed by atoms with Gasteiger partial charge < -0.3 is 9.64 Å². The molecular weight excluding hydrogens is 433 g/mol. The van der Waals surface area contributed by atoms with Crippen molar-refractivity contribution >= 4 is 41.0 Å². The zero-order valence-corrected chi connectivity index (χ0v) is 20.1. The molecule has 0 unspecified atom stereocenters. The maximum Gasteiger partial charge on any atom is 0.277 e. The van der Waals surface area contributed by atoms with Gasteiger partial charge in [-0.2, -0.15) is 5.10 Å². The van der Waals surface area contributed by atoms with Gasteiger partial charge in [-0.05, 0) is 87.1 Å². The molecular formula is C24H29Cl2N3O2. The molecule has 0 bridgehead atoms. The largest absolute Gasteiger partial charge is 0.482 e. The van der Waals surface area contributed by atoms with Crippen LogP contribution in [0.25, 0.3) is 0 Å². The maximum absolute atomic E-state index is 12.1. The van der Waals surface area contributed by atoms with E-state index in [0.717, 1.165) is 24.1 Å². The van der Waals surface area contributed by atoms with Gasteiger partial charge in [0, 0.05) is 22.8 Å². The number of hydrogen-bond donors (Lipinski definition) is 1. The summed E-state index contributed by atoms with van der Waals surface area (Å²) in [5, 5.41) is 4.98. The van der Waals surface area contributed by atoms with Crippen LogP contribution >= 0.6 is 23.2 Å². The number of carbonyl (C=O) groups excluding carboxylic acids is 1. The Morgan fingerprint density at radius 1 is 1.32 bits per heavy atom. The van der Waals surface area contributed by atoms with Crippen LogP contribution < -0.4 is 15.1 Å². The first-order chi connectivity index (χ1) is 14.6. The van der Waals surface area contributed by atoms with Crippen molar-refractivity contribution in [2.75, 3.05) is 18.1 Å². The number of amides is 1. The van der Waals surface area contributed by atoms with E-state index in [9.17, 15) is 4.79 Å². The molecule has 2 aromatic carbocycles. The van der Waals surface area contributed by atoms with Crippen LogP contribution in [-0.2, 0) is 4.79 Å². The predicted octanol–water partition coefficient (Wildman–Crippen LogP) is 5.94. The van der Waals surface area contributed by atoms with E-state index in [1.165, 1.54) is 11.3 Å². The average molecular weight is 462 g/mol. The minimum atomic E-state index is -0.370. The van der Waals surface area contributed by atoms with Gasteiger partial charge in [0.1, 0.15) is 5.75 Å². The van der Waals surface area contributed by atoms with Crippen molar-refractivity contribution in [2.24, 2.45) is 5.10 Å². The highest BCUT2D eigenvalue weighted by Crippen LogP contribution is 2.44. The van der Waals surface area contributed by atoms with Crippen molar-refractivity contribution in [1.82, 2.24) is 5.43 Å². The quantitative estimate of drug-likeness (QED) is 0.427. The van der Waals surface area contributed by atoms with Gasteiger partial charge in [0.25, 0.3) is 5.91 Å². The lowest BCUT2D eigenvalue weighted by atomic mass is 9.79. The van der Waals surface area contributed by atoms with Gasteiger partial charge in [-0.15, -0.1) is 0 Å². The third-order valence-electron chi connectivity index (χ3n) is 5.74. The molecule has 0 saturated carbocycles. The molecule has 1 amide bonds. The number of rotatable bonds is 6. The predicted molar refractivity (Wildman–Crippen MR) is 129 cm³/mol. The third kappa shape index (κ3) is 5.34. The molecule has 0 saturated heterocycles. The van der Waals surface area contributed by atoms with Crippen molar-refractivity contribution in [3.05, 3.63) is 57.1 Å². The zero-order chi connectivity index (χ0) is 22.8. The molecule has 0 spiro atoms. The van der Waals surface area contributed by atoms with Gasteiger partial charge in [-0.25, -0.2) is 5.43 Å². The smallest absolute Gasteiger partial charge is 0.277 e. The highest BCUT2D eigenvalue weighted by atomic mass is 35.5. The van der Waals surface area contributed by atoms with Crippen molar-refractivity contribution < 1.29 is 9.53 Å². The summed E-state index contributed by atoms with van der Waals surface area (Å²) in [5.74, 6) is 0.478. The summed E-state index contributed by atoms with van der Waals surface area (Å²) in [6, 6.07) is 9.26. The summed E-state index contributed by atoms with van der Waals surface area (Å²) in [5.41, 5.74) is 7.35. The minimum absolute atomic E-state index is 0.129. The topological polar surface area (TPSA) is 53.9 Å². The molecule has 166 valence electrons. The van der Waals surface area contributed by atoms with Gasteiger partial charge >= 0.3 is 0 Å². The van der Waals surface area contributed by atoms with Crippen LogP contribution in [0, 0.1) is 6.92 Å². The third-order valence-corrected chi connectivity index (χ3v) is 6.27. The number of ether oxygens (including phenoxy) is 1. The lowest BCUT2D eigenvalue weighted by Gasteiger charge is -2.47. The Labute approximate surface area is 194 Å². The molecule has 1 N–H and O–H groups in total. The van der Waals surface area contributed by atoms with Crippen LogP contribution in [0.2, 0.25) is 10.0 Å². The first-order valence-electron chi connectivity index (χ1n) is 10.4. The fourth-order valence-corrected chi connectivity index (χ4v) is 4.79. The standard InChI is InChI=1S/C24H29Cl2N3O2/c1-6-29-21-9-15(2)17(10-19(21)16(3)12-24(29,4)5)13-27-28-23(30)14-31-22-8-7-18(25)11-20(22)26/h7-11,13,16H,6,12,14H2,1-5H3,(H,28,30)/b27-13+/t16-/m0/s1. The number of anilines is 1. The molecule has 3 rings (SSSR count). The first kappa shape index (κ1) is 23.4. The van der Waals surface area contributed by atoms with Crippen LogP contribution in [0.15, 0.2) is 35.4 Å². The summed E-state index contributed by atoms with van der Waals surface area (Å²) in [6.07, 6.45) is 2.78. The number of nitrogens with zero attached hydrogens (tertiary/aromatic N) is 2. The van der Waals surface area contributed by atoms with Gasteiger partial charge in [0.15, 0.2) is 6.61 Å². The van der Waals surface area contributed by atoms with E-state index in [4.69, 9.17) is 27.9 Å². The number of benzene rings is 2. The maximum atomic E-state index is 12.1. The molecule has 7 heteroatoms. The first-order valence-corrected chi connectivity index (χ1v) is 11.2. The Hall–Kier alpha value is -2.24. The van der Waals surface area contributed by atoms with E-state index in [2.05, 4.69) is 62.2 Å². The van der Waals surface area contributed by atoms with Crippen LogP contribution in [-0.4, -0.2) is 30.8 Å². The zero-order valence-electron chi connectivity index (χ0n) is 18.6. The fourth-order valence-electron chi connectivity index (χ4n) is 4.33. The summed E-state index contributed by atoms with van der Waals surface area (Å²) in [7, 11) is 0. The number of aryl methyl sites for hydroxylation is 1. The summed E-state index contributed by atoms with van der Waals surface area (Å²) < 4.78 is 5.43. The highest BCUT2D eigenvalue weighted by Gasteiger charge is 2.35. The van der Waals surface area contributed by atoms with E-state index in [0.29, 0.717) is 21.7 Å². The monoisotopic (exact) mass is 461 g/mol. The molecule has 1 heterocycles. The summed E-state index contributed by atoms with van der Waals surface area (Å²) >= 11 is 11.9. The molecule has 1 aliphatic heterocycles. The molecule has 0 aliphatic carbocycles. The summed E-state index contributed by atoms with van der Waals surface area (Å²) in [6.45, 7) is 11.9. The van der Waals surface area contributed by atoms with E-state index >= 15 is 0 Å². The van der Waals surface area contributed by atoms with Crippen LogP contribution in [0.4, 0.5) is 5.69 Å². The van der Waals surface area contributed by atoms with Gasteiger partial charge in [-0.3, -0.25) is 4.79 Å². The van der Waals surface area contributed by atoms with E-state index in [1.54, 1.807) is 24.4 Å². The van der Waals surface area contributed by atoms with Gasteiger partial charge in [-0.1, -0.05) is 30.1 Å². The SMILES string of the molecule is CCN1c2cc(C)c(/C=N/NC(=O)COc3ccc(Cl)cc3Cl)cc2[C@@H](C)CC1(C)C. The average Bonchev–Trinajstić information content (AvgIpc) is 2.68. The number of halogens is 2. The second kappa shape index (κ2) is 9.49. The molecule has 0 radical (unpaired) electrons. The Morgan fingerprint density at radius 2 is 2.06 bits per heavy atom. The van der Waals surface area contributed by atoms with Crippen LogP contribution in [0.3, 0.4) is 0 Å². The molecule has 31 heavy (non-hydrogen) atoms. The number of hydrazone groups is 1. The lowest BCUT2D eigenvalue weighted by Crippen LogP contribution is -2.48. The molecule has 0 fully saturated rings. The normalized spacial score (nSPS) is 17.5. The number of nitrogens with one attached hydrogen (secondary N) is 1.